The molecule has 0 saturated carbocycles. The van der Waals surface area contributed by atoms with Crippen LogP contribution in [-0.2, 0) is 6.42 Å². The van der Waals surface area contributed by atoms with Gasteiger partial charge in [-0.2, -0.15) is 10.2 Å². The number of benzene rings is 2. The van der Waals surface area contributed by atoms with Crippen LogP contribution in [0, 0.1) is 11.3 Å². The molecule has 8 heteroatoms. The number of hydrogen-bond donors (Lipinski definition) is 1. The number of nitriles is 1. The van der Waals surface area contributed by atoms with E-state index in [1.165, 1.54) is 0 Å². The van der Waals surface area contributed by atoms with E-state index in [2.05, 4.69) is 28.5 Å². The Bertz CT molecular complexity index is 1230. The number of hydrogen-bond acceptors (Lipinski definition) is 6. The molecule has 1 atom stereocenters. The number of amides is 2. The number of nitrogens with zero attached hydrogens (tertiary/aromatic N) is 4. The predicted octanol–water partition coefficient (Wildman–Crippen LogP) is 5.10. The SMILES string of the molecule is CCCN(C)C(=O)NC1CCc2c(-c3noc(-c4ccc(OC(C)C)c(C#N)c4)n3)cccc21. The molecule has 0 spiro atoms. The first-order valence-electron chi connectivity index (χ1n) is 11.6. The third kappa shape index (κ3) is 4.74. The van der Waals surface area contributed by atoms with Crippen molar-refractivity contribution >= 4 is 6.03 Å². The normalized spacial score (nSPS) is 14.5. The first kappa shape index (κ1) is 23.3. The summed E-state index contributed by atoms with van der Waals surface area (Å²) >= 11 is 0. The molecule has 2 amide bonds. The van der Waals surface area contributed by atoms with Crippen molar-refractivity contribution in [2.45, 2.75) is 52.2 Å². The monoisotopic (exact) mass is 459 g/mol. The molecule has 8 nitrogen and oxygen atoms in total. The number of carbonyl (C=O) groups is 1. The number of fused-ring (bicyclic) bond motifs is 1. The molecule has 34 heavy (non-hydrogen) atoms. The molecule has 0 radical (unpaired) electrons. The molecule has 4 rings (SSSR count). The Balaban J connectivity index is 1.58. The fourth-order valence-electron chi connectivity index (χ4n) is 4.27. The second-order valence-corrected chi connectivity index (χ2v) is 8.75. The van der Waals surface area contributed by atoms with Gasteiger partial charge in [0.15, 0.2) is 0 Å². The van der Waals surface area contributed by atoms with Crippen molar-refractivity contribution in [1.82, 2.24) is 20.4 Å². The minimum absolute atomic E-state index is 0.0335. The van der Waals surface area contributed by atoms with E-state index < -0.39 is 0 Å². The number of urea groups is 1. The molecule has 1 unspecified atom stereocenters. The summed E-state index contributed by atoms with van der Waals surface area (Å²) in [5.41, 5.74) is 4.17. The van der Waals surface area contributed by atoms with E-state index in [0.29, 0.717) is 28.6 Å². The average Bonchev–Trinajstić information content (AvgIpc) is 3.47. The molecule has 0 bridgehead atoms. The van der Waals surface area contributed by atoms with E-state index in [9.17, 15) is 10.1 Å². The second kappa shape index (κ2) is 9.96. The summed E-state index contributed by atoms with van der Waals surface area (Å²) in [7, 11) is 1.81. The smallest absolute Gasteiger partial charge is 0.317 e. The largest absolute Gasteiger partial charge is 0.490 e. The Morgan fingerprint density at radius 2 is 2.18 bits per heavy atom. The third-order valence-corrected chi connectivity index (χ3v) is 5.85. The third-order valence-electron chi connectivity index (χ3n) is 5.85. The lowest BCUT2D eigenvalue weighted by molar-refractivity contribution is 0.204. The van der Waals surface area contributed by atoms with Crippen molar-refractivity contribution in [2.75, 3.05) is 13.6 Å². The standard InChI is InChI=1S/C26H29N5O3/c1-5-13-31(4)26(32)28-22-11-10-19-20(22)7-6-8-21(19)24-29-25(34-30-24)17-9-12-23(33-16(2)3)18(14-17)15-27/h6-9,12,14,16,22H,5,10-11,13H2,1-4H3,(H,28,32). The van der Waals surface area contributed by atoms with Gasteiger partial charge in [-0.15, -0.1) is 0 Å². The lowest BCUT2D eigenvalue weighted by Gasteiger charge is -2.21. The molecule has 2 aromatic carbocycles. The summed E-state index contributed by atoms with van der Waals surface area (Å²) in [6.45, 7) is 6.60. The molecule has 1 aliphatic carbocycles. The highest BCUT2D eigenvalue weighted by Crippen LogP contribution is 2.37. The van der Waals surface area contributed by atoms with Crippen molar-refractivity contribution in [3.8, 4) is 34.7 Å². The van der Waals surface area contributed by atoms with Gasteiger partial charge >= 0.3 is 6.03 Å². The highest BCUT2D eigenvalue weighted by Gasteiger charge is 2.28. The van der Waals surface area contributed by atoms with Gasteiger partial charge in [-0.1, -0.05) is 30.3 Å². The van der Waals surface area contributed by atoms with Crippen LogP contribution in [0.3, 0.4) is 0 Å². The number of carbonyl (C=O) groups excluding carboxylic acids is 1. The Morgan fingerprint density at radius 1 is 1.35 bits per heavy atom. The zero-order valence-electron chi connectivity index (χ0n) is 20.0. The summed E-state index contributed by atoms with van der Waals surface area (Å²) in [5.74, 6) is 1.35. The van der Waals surface area contributed by atoms with E-state index >= 15 is 0 Å². The Morgan fingerprint density at radius 3 is 2.91 bits per heavy atom. The van der Waals surface area contributed by atoms with Crippen LogP contribution < -0.4 is 10.1 Å². The fourth-order valence-corrected chi connectivity index (χ4v) is 4.27. The Labute approximate surface area is 199 Å². The summed E-state index contributed by atoms with van der Waals surface area (Å²) in [6, 6.07) is 13.3. The van der Waals surface area contributed by atoms with Crippen molar-refractivity contribution in [3.05, 3.63) is 53.1 Å². The van der Waals surface area contributed by atoms with E-state index in [1.54, 1.807) is 17.0 Å². The molecule has 1 aromatic heterocycles. The van der Waals surface area contributed by atoms with Gasteiger partial charge in [0.1, 0.15) is 11.8 Å². The highest BCUT2D eigenvalue weighted by atomic mass is 16.5. The minimum Gasteiger partial charge on any atom is -0.490 e. The first-order chi connectivity index (χ1) is 16.4. The molecule has 1 aliphatic rings. The molecule has 0 saturated heterocycles. The summed E-state index contributed by atoms with van der Waals surface area (Å²) in [6.07, 6.45) is 2.52. The van der Waals surface area contributed by atoms with Crippen LogP contribution in [-0.4, -0.2) is 40.8 Å². The zero-order chi connectivity index (χ0) is 24.2. The van der Waals surface area contributed by atoms with E-state index in [-0.39, 0.29) is 18.2 Å². The van der Waals surface area contributed by atoms with Crippen LogP contribution in [0.5, 0.6) is 5.75 Å². The number of aromatic nitrogens is 2. The van der Waals surface area contributed by atoms with Crippen molar-refractivity contribution < 1.29 is 14.1 Å². The van der Waals surface area contributed by atoms with Crippen LogP contribution in [0.4, 0.5) is 4.79 Å². The highest BCUT2D eigenvalue weighted by molar-refractivity contribution is 5.75. The Hall–Kier alpha value is -3.86. The van der Waals surface area contributed by atoms with Gasteiger partial charge in [0.25, 0.3) is 5.89 Å². The molecular weight excluding hydrogens is 430 g/mol. The van der Waals surface area contributed by atoms with Gasteiger partial charge in [0, 0.05) is 24.7 Å². The van der Waals surface area contributed by atoms with Crippen LogP contribution in [0.15, 0.2) is 40.9 Å². The summed E-state index contributed by atoms with van der Waals surface area (Å²) in [5, 5.41) is 16.9. The van der Waals surface area contributed by atoms with Gasteiger partial charge in [-0.25, -0.2) is 4.79 Å². The lowest BCUT2D eigenvalue weighted by atomic mass is 10.0. The minimum atomic E-state index is -0.0647. The van der Waals surface area contributed by atoms with Gasteiger partial charge < -0.3 is 19.5 Å². The molecule has 0 aliphatic heterocycles. The van der Waals surface area contributed by atoms with Gasteiger partial charge in [0.2, 0.25) is 5.82 Å². The number of ether oxygens (including phenoxy) is 1. The Kier molecular flexibility index (Phi) is 6.82. The van der Waals surface area contributed by atoms with Gasteiger partial charge in [0.05, 0.1) is 17.7 Å². The molecular formula is C26H29N5O3. The maximum Gasteiger partial charge on any atom is 0.317 e. The van der Waals surface area contributed by atoms with Crippen LogP contribution in [0.25, 0.3) is 22.8 Å². The van der Waals surface area contributed by atoms with Crippen molar-refractivity contribution in [3.63, 3.8) is 0 Å². The molecule has 1 N–H and O–H groups in total. The zero-order valence-corrected chi connectivity index (χ0v) is 20.0. The van der Waals surface area contributed by atoms with Crippen LogP contribution >= 0.6 is 0 Å². The first-order valence-corrected chi connectivity index (χ1v) is 11.6. The van der Waals surface area contributed by atoms with E-state index in [1.807, 2.05) is 45.2 Å². The van der Waals surface area contributed by atoms with Crippen LogP contribution in [0.2, 0.25) is 0 Å². The van der Waals surface area contributed by atoms with Crippen molar-refractivity contribution in [1.29, 1.82) is 5.26 Å². The van der Waals surface area contributed by atoms with Gasteiger partial charge in [-0.05, 0) is 62.4 Å². The number of rotatable bonds is 7. The maximum absolute atomic E-state index is 12.5. The predicted molar refractivity (Wildman–Crippen MR) is 128 cm³/mol. The quantitative estimate of drug-likeness (QED) is 0.527. The van der Waals surface area contributed by atoms with Crippen molar-refractivity contribution in [2.24, 2.45) is 0 Å². The second-order valence-electron chi connectivity index (χ2n) is 8.75. The molecule has 3 aromatic rings. The average molecular weight is 460 g/mol. The van der Waals surface area contributed by atoms with E-state index in [4.69, 9.17) is 9.26 Å². The topological polar surface area (TPSA) is 104 Å². The number of nitrogens with one attached hydrogen (secondary N) is 1. The molecule has 1 heterocycles. The fraction of sp³-hybridized carbons (Fsp3) is 0.385. The van der Waals surface area contributed by atoms with E-state index in [0.717, 1.165) is 42.5 Å². The molecule has 176 valence electrons. The summed E-state index contributed by atoms with van der Waals surface area (Å²) in [4.78, 5) is 18.8. The maximum atomic E-state index is 12.5. The van der Waals surface area contributed by atoms with Crippen LogP contribution in [0.1, 0.15) is 56.3 Å². The van der Waals surface area contributed by atoms with Gasteiger partial charge in [-0.3, -0.25) is 0 Å². The molecule has 0 fully saturated rings. The summed E-state index contributed by atoms with van der Waals surface area (Å²) < 4.78 is 11.2. The lowest BCUT2D eigenvalue weighted by Crippen LogP contribution is -2.39.